The van der Waals surface area contributed by atoms with E-state index in [1.807, 2.05) is 44.2 Å². The molecule has 0 aliphatic carbocycles. The molecule has 1 aliphatic heterocycles. The van der Waals surface area contributed by atoms with Crippen LogP contribution in [0.4, 0.5) is 0 Å². The van der Waals surface area contributed by atoms with Gasteiger partial charge in [-0.25, -0.2) is 4.79 Å². The van der Waals surface area contributed by atoms with Gasteiger partial charge in [-0.15, -0.1) is 11.3 Å². The van der Waals surface area contributed by atoms with Gasteiger partial charge in [0.2, 0.25) is 5.91 Å². The Morgan fingerprint density at radius 3 is 2.59 bits per heavy atom. The van der Waals surface area contributed by atoms with Crippen LogP contribution in [0.1, 0.15) is 91.1 Å². The Labute approximate surface area is 219 Å². The highest BCUT2D eigenvalue weighted by Gasteiger charge is 2.27. The first-order chi connectivity index (χ1) is 16.2. The zero-order valence-electron chi connectivity index (χ0n) is 20.0. The van der Waals surface area contributed by atoms with Gasteiger partial charge in [0.1, 0.15) is 14.6 Å². The van der Waals surface area contributed by atoms with E-state index in [-0.39, 0.29) is 30.1 Å². The fourth-order valence-corrected chi connectivity index (χ4v) is 5.61. The van der Waals surface area contributed by atoms with E-state index in [0.717, 1.165) is 41.7 Å². The molecule has 0 saturated carbocycles. The van der Waals surface area contributed by atoms with E-state index in [0.29, 0.717) is 24.3 Å². The molecule has 6 nitrogen and oxygen atoms in total. The Morgan fingerprint density at radius 2 is 1.97 bits per heavy atom. The summed E-state index contributed by atoms with van der Waals surface area (Å²) in [6, 6.07) is 11.5. The maximum atomic E-state index is 12.4. The van der Waals surface area contributed by atoms with Gasteiger partial charge in [-0.05, 0) is 79.0 Å². The number of rotatable bonds is 12. The molecule has 0 radical (unpaired) electrons. The number of alkyl halides is 1. The van der Waals surface area contributed by atoms with Gasteiger partial charge in [0.15, 0.2) is 0 Å². The van der Waals surface area contributed by atoms with Crippen LogP contribution in [0.25, 0.3) is 0 Å². The molecule has 1 aromatic carbocycles. The lowest BCUT2D eigenvalue weighted by Gasteiger charge is -2.24. The predicted molar refractivity (Wildman–Crippen MR) is 142 cm³/mol. The number of carbonyl (C=O) groups excluding carboxylic acids is 2. The lowest BCUT2D eigenvalue weighted by atomic mass is 9.99. The third-order valence-electron chi connectivity index (χ3n) is 5.75. The van der Waals surface area contributed by atoms with Crippen LogP contribution in [-0.2, 0) is 17.9 Å². The SMILES string of the molecule is CCCCC[C@](O)(I)c1ccc([C@@H](OCC2CCC(=O)N2)c2ccc(C(=O)OC(C)C)s2)cc1. The third kappa shape index (κ3) is 7.50. The average molecular weight is 600 g/mol. The largest absolute Gasteiger partial charge is 0.459 e. The van der Waals surface area contributed by atoms with Crippen LogP contribution >= 0.6 is 33.9 Å². The van der Waals surface area contributed by atoms with Crippen molar-refractivity contribution in [3.05, 3.63) is 57.3 Å². The van der Waals surface area contributed by atoms with E-state index < -0.39 is 3.61 Å². The van der Waals surface area contributed by atoms with Gasteiger partial charge in [-0.1, -0.05) is 44.0 Å². The van der Waals surface area contributed by atoms with Crippen molar-refractivity contribution in [2.24, 2.45) is 0 Å². The molecule has 2 N–H and O–H groups in total. The van der Waals surface area contributed by atoms with E-state index in [1.54, 1.807) is 6.07 Å². The van der Waals surface area contributed by atoms with Gasteiger partial charge in [0, 0.05) is 11.3 Å². The maximum absolute atomic E-state index is 12.4. The van der Waals surface area contributed by atoms with E-state index >= 15 is 0 Å². The number of unbranched alkanes of at least 4 members (excludes halogenated alkanes) is 2. The molecule has 2 heterocycles. The number of nitrogens with one attached hydrogen (secondary N) is 1. The molecule has 2 aromatic rings. The highest BCUT2D eigenvalue weighted by molar-refractivity contribution is 14.1. The predicted octanol–water partition coefficient (Wildman–Crippen LogP) is 5.86. The number of carbonyl (C=O) groups is 2. The molecule has 1 aromatic heterocycles. The van der Waals surface area contributed by atoms with Crippen LogP contribution in [0.3, 0.4) is 0 Å². The summed E-state index contributed by atoms with van der Waals surface area (Å²) in [4.78, 5) is 25.4. The zero-order chi connectivity index (χ0) is 24.7. The quantitative estimate of drug-likeness (QED) is 0.138. The Kier molecular flexibility index (Phi) is 9.94. The number of ether oxygens (including phenoxy) is 2. The van der Waals surface area contributed by atoms with Crippen molar-refractivity contribution in [3.8, 4) is 0 Å². The smallest absolute Gasteiger partial charge is 0.348 e. The number of halogens is 1. The van der Waals surface area contributed by atoms with Crippen LogP contribution in [0, 0.1) is 0 Å². The third-order valence-corrected chi connectivity index (χ3v) is 8.02. The monoisotopic (exact) mass is 599 g/mol. The van der Waals surface area contributed by atoms with Crippen molar-refractivity contribution in [1.82, 2.24) is 5.32 Å². The molecular formula is C26H34INO5S. The van der Waals surface area contributed by atoms with Crippen molar-refractivity contribution in [2.75, 3.05) is 6.61 Å². The van der Waals surface area contributed by atoms with Gasteiger partial charge in [-0.2, -0.15) is 0 Å². The van der Waals surface area contributed by atoms with Gasteiger partial charge >= 0.3 is 5.97 Å². The summed E-state index contributed by atoms with van der Waals surface area (Å²) in [6.45, 7) is 6.18. The van der Waals surface area contributed by atoms with E-state index in [1.165, 1.54) is 11.3 Å². The Morgan fingerprint density at radius 1 is 1.24 bits per heavy atom. The van der Waals surface area contributed by atoms with Crippen LogP contribution < -0.4 is 5.32 Å². The topological polar surface area (TPSA) is 84.9 Å². The lowest BCUT2D eigenvalue weighted by molar-refractivity contribution is -0.119. The molecule has 186 valence electrons. The second-order valence-corrected chi connectivity index (χ2v) is 11.9. The number of thiophene rings is 1. The number of hydrogen-bond acceptors (Lipinski definition) is 6. The Balaban J connectivity index is 1.80. The Hall–Kier alpha value is -1.49. The molecule has 3 rings (SSSR count). The first-order valence-electron chi connectivity index (χ1n) is 11.9. The Bertz CT molecular complexity index is 956. The number of esters is 1. The fraction of sp³-hybridized carbons (Fsp3) is 0.538. The second kappa shape index (κ2) is 12.5. The van der Waals surface area contributed by atoms with Crippen molar-refractivity contribution in [1.29, 1.82) is 0 Å². The molecule has 1 saturated heterocycles. The summed E-state index contributed by atoms with van der Waals surface area (Å²) in [7, 11) is 0. The highest BCUT2D eigenvalue weighted by atomic mass is 127. The van der Waals surface area contributed by atoms with Crippen molar-refractivity contribution in [3.63, 3.8) is 0 Å². The van der Waals surface area contributed by atoms with Crippen molar-refractivity contribution in [2.45, 2.75) is 81.2 Å². The molecular weight excluding hydrogens is 565 g/mol. The molecule has 1 amide bonds. The average Bonchev–Trinajstić information content (AvgIpc) is 3.43. The first-order valence-corrected chi connectivity index (χ1v) is 13.8. The summed E-state index contributed by atoms with van der Waals surface area (Å²) in [5.41, 5.74) is 1.79. The standard InChI is InChI=1S/C26H34INO5S/c1-4-5-6-15-26(27,31)19-9-7-18(8-10-19)24(32-16-20-11-14-23(29)28-20)21-12-13-22(34-21)25(30)33-17(2)3/h7-10,12-13,17,20,24,31H,4-6,11,14-16H2,1-3H3,(H,28,29)/t20?,24-,26-/m1/s1. The summed E-state index contributed by atoms with van der Waals surface area (Å²) >= 11 is 3.48. The molecule has 0 spiro atoms. The molecule has 1 unspecified atom stereocenters. The number of amides is 1. The molecule has 8 heteroatoms. The molecule has 1 aliphatic rings. The van der Waals surface area contributed by atoms with Gasteiger partial charge in [0.25, 0.3) is 0 Å². The van der Waals surface area contributed by atoms with Gasteiger partial charge in [-0.3, -0.25) is 4.79 Å². The molecule has 0 bridgehead atoms. The normalized spacial score (nSPS) is 18.5. The van der Waals surface area contributed by atoms with Crippen molar-refractivity contribution < 1.29 is 24.2 Å². The van der Waals surface area contributed by atoms with Crippen LogP contribution in [0.15, 0.2) is 36.4 Å². The van der Waals surface area contributed by atoms with Crippen LogP contribution in [-0.4, -0.2) is 35.7 Å². The van der Waals surface area contributed by atoms with E-state index in [2.05, 4.69) is 34.8 Å². The minimum atomic E-state index is -0.910. The summed E-state index contributed by atoms with van der Waals surface area (Å²) in [6.07, 6.45) is 4.57. The van der Waals surface area contributed by atoms with E-state index in [4.69, 9.17) is 9.47 Å². The summed E-state index contributed by atoms with van der Waals surface area (Å²) in [5, 5.41) is 13.9. The second-order valence-electron chi connectivity index (χ2n) is 9.01. The van der Waals surface area contributed by atoms with Crippen LogP contribution in [0.2, 0.25) is 0 Å². The number of hydrogen-bond donors (Lipinski definition) is 2. The minimum Gasteiger partial charge on any atom is -0.459 e. The summed E-state index contributed by atoms with van der Waals surface area (Å²) in [5.74, 6) is -0.292. The zero-order valence-corrected chi connectivity index (χ0v) is 23.0. The van der Waals surface area contributed by atoms with Crippen molar-refractivity contribution >= 4 is 45.8 Å². The van der Waals surface area contributed by atoms with E-state index in [9.17, 15) is 14.7 Å². The lowest BCUT2D eigenvalue weighted by Crippen LogP contribution is -2.30. The fourth-order valence-electron chi connectivity index (χ4n) is 3.90. The first kappa shape index (κ1) is 27.1. The molecule has 34 heavy (non-hydrogen) atoms. The summed E-state index contributed by atoms with van der Waals surface area (Å²) < 4.78 is 10.7. The number of benzene rings is 1. The molecule has 3 atom stereocenters. The maximum Gasteiger partial charge on any atom is 0.348 e. The minimum absolute atomic E-state index is 0.0161. The van der Waals surface area contributed by atoms with Gasteiger partial charge < -0.3 is 19.9 Å². The number of aliphatic hydroxyl groups is 1. The highest BCUT2D eigenvalue weighted by Crippen LogP contribution is 2.37. The molecule has 1 fully saturated rings. The van der Waals surface area contributed by atoms with Crippen LogP contribution in [0.5, 0.6) is 0 Å². The van der Waals surface area contributed by atoms with Gasteiger partial charge in [0.05, 0.1) is 18.8 Å².